The number of benzene rings is 1. The Kier molecular flexibility index (Phi) is 5.17. The summed E-state index contributed by atoms with van der Waals surface area (Å²) in [6.45, 7) is 3.13. The second kappa shape index (κ2) is 7.09. The zero-order valence-electron chi connectivity index (χ0n) is 13.1. The van der Waals surface area contributed by atoms with Gasteiger partial charge >= 0.3 is 0 Å². The Balaban J connectivity index is 2.08. The van der Waals surface area contributed by atoms with Crippen LogP contribution in [-0.2, 0) is 6.42 Å². The van der Waals surface area contributed by atoms with E-state index in [1.807, 2.05) is 24.4 Å². The van der Waals surface area contributed by atoms with Crippen LogP contribution in [0.25, 0.3) is 0 Å². The van der Waals surface area contributed by atoms with Crippen LogP contribution in [0.4, 0.5) is 17.2 Å². The fourth-order valence-corrected chi connectivity index (χ4v) is 2.19. The van der Waals surface area contributed by atoms with Crippen LogP contribution in [0, 0.1) is 6.92 Å². The third-order valence-electron chi connectivity index (χ3n) is 3.45. The maximum Gasteiger partial charge on any atom is 0.153 e. The summed E-state index contributed by atoms with van der Waals surface area (Å²) < 4.78 is 0. The fraction of sp³-hybridized carbons (Fsp3) is 0.353. The van der Waals surface area contributed by atoms with Gasteiger partial charge in [0.05, 0.1) is 5.69 Å². The van der Waals surface area contributed by atoms with Gasteiger partial charge in [0.2, 0.25) is 0 Å². The summed E-state index contributed by atoms with van der Waals surface area (Å²) in [6, 6.07) is 10.2. The number of anilines is 3. The van der Waals surface area contributed by atoms with Gasteiger partial charge < -0.3 is 16.0 Å². The van der Waals surface area contributed by atoms with Gasteiger partial charge in [0, 0.05) is 11.9 Å². The molecule has 0 saturated carbocycles. The van der Waals surface area contributed by atoms with Gasteiger partial charge in [0.1, 0.15) is 0 Å². The molecule has 0 fully saturated rings. The highest BCUT2D eigenvalue weighted by Crippen LogP contribution is 2.24. The molecule has 0 radical (unpaired) electrons. The van der Waals surface area contributed by atoms with E-state index in [2.05, 4.69) is 48.4 Å². The third kappa shape index (κ3) is 4.46. The molecule has 1 aromatic heterocycles. The molecular formula is C17H24N4. The molecule has 1 aromatic carbocycles. The Morgan fingerprint density at radius 1 is 1.14 bits per heavy atom. The summed E-state index contributed by atoms with van der Waals surface area (Å²) in [5.41, 5.74) is 10.4. The van der Waals surface area contributed by atoms with Crippen molar-refractivity contribution in [3.63, 3.8) is 0 Å². The number of nitrogens with one attached hydrogen (secondary N) is 1. The van der Waals surface area contributed by atoms with Crippen molar-refractivity contribution in [1.29, 1.82) is 0 Å². The molecular weight excluding hydrogens is 260 g/mol. The minimum absolute atomic E-state index is 0.737. The van der Waals surface area contributed by atoms with Gasteiger partial charge in [0.15, 0.2) is 5.82 Å². The number of nitrogen functional groups attached to an aromatic ring is 1. The minimum Gasteiger partial charge on any atom is -0.396 e. The lowest BCUT2D eigenvalue weighted by molar-refractivity contribution is 0.400. The second-order valence-corrected chi connectivity index (χ2v) is 5.63. The van der Waals surface area contributed by atoms with E-state index in [0.29, 0.717) is 0 Å². The number of aryl methyl sites for hydroxylation is 2. The monoisotopic (exact) mass is 284 g/mol. The lowest BCUT2D eigenvalue weighted by atomic mass is 10.1. The van der Waals surface area contributed by atoms with Crippen LogP contribution in [0.15, 0.2) is 36.5 Å². The van der Waals surface area contributed by atoms with Crippen LogP contribution in [0.3, 0.4) is 0 Å². The summed E-state index contributed by atoms with van der Waals surface area (Å²) in [7, 11) is 4.17. The van der Waals surface area contributed by atoms with E-state index >= 15 is 0 Å². The van der Waals surface area contributed by atoms with Crippen LogP contribution >= 0.6 is 0 Å². The molecule has 0 aliphatic rings. The first-order valence-electron chi connectivity index (χ1n) is 7.28. The lowest BCUT2D eigenvalue weighted by Gasteiger charge is -2.13. The molecule has 112 valence electrons. The highest BCUT2D eigenvalue weighted by Gasteiger charge is 2.07. The van der Waals surface area contributed by atoms with E-state index in [4.69, 9.17) is 5.73 Å². The first-order chi connectivity index (χ1) is 10.1. The summed E-state index contributed by atoms with van der Waals surface area (Å²) in [4.78, 5) is 6.54. The van der Waals surface area contributed by atoms with E-state index in [9.17, 15) is 0 Å². The van der Waals surface area contributed by atoms with Crippen molar-refractivity contribution in [3.8, 4) is 0 Å². The molecule has 0 saturated heterocycles. The normalized spacial score (nSPS) is 10.9. The molecule has 0 unspecified atom stereocenters. The Hall–Kier alpha value is -2.07. The smallest absolute Gasteiger partial charge is 0.153 e. The predicted molar refractivity (Wildman–Crippen MR) is 90.0 cm³/mol. The van der Waals surface area contributed by atoms with Gasteiger partial charge in [-0.15, -0.1) is 0 Å². The number of hydrogen-bond acceptors (Lipinski definition) is 4. The van der Waals surface area contributed by atoms with Gasteiger partial charge in [-0.3, -0.25) is 0 Å². The van der Waals surface area contributed by atoms with Gasteiger partial charge in [-0.25, -0.2) is 4.98 Å². The first-order valence-corrected chi connectivity index (χ1v) is 7.28. The van der Waals surface area contributed by atoms with Crippen LogP contribution < -0.4 is 11.1 Å². The largest absolute Gasteiger partial charge is 0.396 e. The molecule has 0 spiro atoms. The van der Waals surface area contributed by atoms with E-state index < -0.39 is 0 Å². The van der Waals surface area contributed by atoms with E-state index in [1.54, 1.807) is 0 Å². The molecule has 0 bridgehead atoms. The maximum absolute atomic E-state index is 6.24. The first kappa shape index (κ1) is 15.3. The molecule has 0 amide bonds. The number of nitrogens with two attached hydrogens (primary N) is 1. The number of rotatable bonds is 6. The molecule has 0 aliphatic carbocycles. The number of nitrogens with zero attached hydrogens (tertiary/aromatic N) is 2. The molecule has 2 aromatic rings. The summed E-state index contributed by atoms with van der Waals surface area (Å²) in [5, 5.41) is 3.29. The summed E-state index contributed by atoms with van der Waals surface area (Å²) in [6.07, 6.45) is 3.87. The zero-order valence-corrected chi connectivity index (χ0v) is 13.1. The predicted octanol–water partition coefficient (Wildman–Crippen LogP) is 3.21. The van der Waals surface area contributed by atoms with Gasteiger partial charge in [0.25, 0.3) is 0 Å². The quantitative estimate of drug-likeness (QED) is 0.855. The Labute approximate surface area is 127 Å². The van der Waals surface area contributed by atoms with Gasteiger partial charge in [-0.05, 0) is 64.2 Å². The number of pyridine rings is 1. The molecule has 2 rings (SSSR count). The average Bonchev–Trinajstić information content (AvgIpc) is 2.45. The fourth-order valence-electron chi connectivity index (χ4n) is 2.19. The molecule has 4 nitrogen and oxygen atoms in total. The topological polar surface area (TPSA) is 54.2 Å². The van der Waals surface area contributed by atoms with Crippen molar-refractivity contribution in [1.82, 2.24) is 9.88 Å². The van der Waals surface area contributed by atoms with Crippen LogP contribution in [0.2, 0.25) is 0 Å². The van der Waals surface area contributed by atoms with Crippen molar-refractivity contribution >= 4 is 17.2 Å². The second-order valence-electron chi connectivity index (χ2n) is 5.63. The number of aromatic nitrogens is 1. The van der Waals surface area contributed by atoms with Crippen LogP contribution in [-0.4, -0.2) is 30.5 Å². The van der Waals surface area contributed by atoms with Crippen LogP contribution in [0.1, 0.15) is 17.5 Å². The van der Waals surface area contributed by atoms with E-state index in [-0.39, 0.29) is 0 Å². The summed E-state index contributed by atoms with van der Waals surface area (Å²) >= 11 is 0. The molecule has 21 heavy (non-hydrogen) atoms. The van der Waals surface area contributed by atoms with Crippen molar-refractivity contribution < 1.29 is 0 Å². The van der Waals surface area contributed by atoms with Crippen molar-refractivity contribution in [2.24, 2.45) is 0 Å². The standard InChI is InChI=1S/C17H24N4/c1-13-6-8-15(9-7-13)20-17-16(18)14(10-11-19-17)5-4-12-21(2)3/h6-11H,4-5,12,18H2,1-3H3,(H,19,20). The van der Waals surface area contributed by atoms with E-state index in [1.165, 1.54) is 5.56 Å². The minimum atomic E-state index is 0.737. The molecule has 0 aliphatic heterocycles. The Bertz CT molecular complexity index is 576. The van der Waals surface area contributed by atoms with Crippen molar-refractivity contribution in [2.75, 3.05) is 31.7 Å². The number of hydrogen-bond donors (Lipinski definition) is 2. The average molecular weight is 284 g/mol. The Morgan fingerprint density at radius 2 is 1.86 bits per heavy atom. The lowest BCUT2D eigenvalue weighted by Crippen LogP contribution is -2.14. The maximum atomic E-state index is 6.24. The SMILES string of the molecule is Cc1ccc(Nc2nccc(CCCN(C)C)c2N)cc1. The van der Waals surface area contributed by atoms with Crippen molar-refractivity contribution in [3.05, 3.63) is 47.7 Å². The van der Waals surface area contributed by atoms with E-state index in [0.717, 1.165) is 42.1 Å². The molecule has 4 heteroatoms. The van der Waals surface area contributed by atoms with Gasteiger partial charge in [-0.1, -0.05) is 17.7 Å². The highest BCUT2D eigenvalue weighted by atomic mass is 15.0. The highest BCUT2D eigenvalue weighted by molar-refractivity contribution is 5.71. The van der Waals surface area contributed by atoms with Crippen molar-refractivity contribution in [2.45, 2.75) is 19.8 Å². The molecule has 0 atom stereocenters. The summed E-state index contributed by atoms with van der Waals surface area (Å²) in [5.74, 6) is 0.737. The van der Waals surface area contributed by atoms with Crippen LogP contribution in [0.5, 0.6) is 0 Å². The zero-order chi connectivity index (χ0) is 15.2. The molecule has 1 heterocycles. The third-order valence-corrected chi connectivity index (χ3v) is 3.45. The van der Waals surface area contributed by atoms with Gasteiger partial charge in [-0.2, -0.15) is 0 Å². The Morgan fingerprint density at radius 3 is 2.52 bits per heavy atom. The molecule has 3 N–H and O–H groups in total.